The largest absolute Gasteiger partial charge is 0.416 e. The topological polar surface area (TPSA) is 49.9 Å². The number of carbonyl (C=O) groups excluding carboxylic acids is 2. The molecular weight excluding hydrogens is 369 g/mol. The van der Waals surface area contributed by atoms with Gasteiger partial charge in [-0.3, -0.25) is 9.59 Å². The number of morpholine rings is 1. The molecule has 1 heterocycles. The summed E-state index contributed by atoms with van der Waals surface area (Å²) >= 11 is 1.17. The molecule has 0 spiro atoms. The second-order valence-corrected chi connectivity index (χ2v) is 6.88. The zero-order valence-corrected chi connectivity index (χ0v) is 15.2. The SMILES string of the molecule is CN(Cc1ccccc1C(F)(F)F)C(=O)CSCC(=O)N1CCOCC1. The third-order valence-corrected chi connectivity index (χ3v) is 4.87. The molecule has 0 aromatic heterocycles. The Balaban J connectivity index is 1.82. The minimum absolute atomic E-state index is 0.0424. The molecule has 2 rings (SSSR count). The van der Waals surface area contributed by atoms with E-state index in [-0.39, 0.29) is 35.4 Å². The maximum absolute atomic E-state index is 13.0. The minimum Gasteiger partial charge on any atom is -0.378 e. The monoisotopic (exact) mass is 390 g/mol. The summed E-state index contributed by atoms with van der Waals surface area (Å²) < 4.78 is 44.2. The van der Waals surface area contributed by atoms with Gasteiger partial charge in [0, 0.05) is 26.7 Å². The molecule has 0 saturated carbocycles. The Morgan fingerprint density at radius 2 is 1.85 bits per heavy atom. The van der Waals surface area contributed by atoms with Crippen LogP contribution in [0.1, 0.15) is 11.1 Å². The van der Waals surface area contributed by atoms with Gasteiger partial charge in [-0.25, -0.2) is 0 Å². The average Bonchev–Trinajstić information content (AvgIpc) is 2.61. The molecule has 1 aromatic rings. The van der Waals surface area contributed by atoms with E-state index < -0.39 is 11.7 Å². The smallest absolute Gasteiger partial charge is 0.378 e. The van der Waals surface area contributed by atoms with Crippen LogP contribution in [0.15, 0.2) is 24.3 Å². The van der Waals surface area contributed by atoms with E-state index in [0.717, 1.165) is 6.07 Å². The van der Waals surface area contributed by atoms with Crippen molar-refractivity contribution in [3.8, 4) is 0 Å². The molecule has 1 fully saturated rings. The van der Waals surface area contributed by atoms with Gasteiger partial charge in [0.1, 0.15) is 0 Å². The first-order valence-electron chi connectivity index (χ1n) is 8.11. The Morgan fingerprint density at radius 3 is 2.50 bits per heavy atom. The molecule has 0 N–H and O–H groups in total. The number of amides is 2. The standard InChI is InChI=1S/C17H21F3N2O3S/c1-21(10-13-4-2-3-5-14(13)17(18,19)20)15(23)11-26-12-16(24)22-6-8-25-9-7-22/h2-5H,6-12H2,1H3. The maximum atomic E-state index is 13.0. The van der Waals surface area contributed by atoms with Crippen molar-refractivity contribution in [1.29, 1.82) is 0 Å². The van der Waals surface area contributed by atoms with Gasteiger partial charge >= 0.3 is 6.18 Å². The fraction of sp³-hybridized carbons (Fsp3) is 0.529. The molecule has 2 amide bonds. The van der Waals surface area contributed by atoms with E-state index in [1.165, 1.54) is 41.9 Å². The molecule has 0 bridgehead atoms. The summed E-state index contributed by atoms with van der Waals surface area (Å²) in [6.07, 6.45) is -4.46. The third kappa shape index (κ3) is 5.91. The minimum atomic E-state index is -4.46. The average molecular weight is 390 g/mol. The Morgan fingerprint density at radius 1 is 1.19 bits per heavy atom. The van der Waals surface area contributed by atoms with Crippen LogP contribution in [0.2, 0.25) is 0 Å². The second-order valence-electron chi connectivity index (χ2n) is 5.89. The summed E-state index contributed by atoms with van der Waals surface area (Å²) in [7, 11) is 1.46. The normalized spacial score (nSPS) is 15.0. The molecule has 9 heteroatoms. The summed E-state index contributed by atoms with van der Waals surface area (Å²) in [5, 5.41) is 0. The van der Waals surface area contributed by atoms with Crippen LogP contribution in [0, 0.1) is 0 Å². The number of carbonyl (C=O) groups is 2. The molecule has 26 heavy (non-hydrogen) atoms. The van der Waals surface area contributed by atoms with Crippen molar-refractivity contribution in [3.63, 3.8) is 0 Å². The van der Waals surface area contributed by atoms with Crippen molar-refractivity contribution in [2.24, 2.45) is 0 Å². The Labute approximate surface area is 154 Å². The van der Waals surface area contributed by atoms with E-state index in [1.807, 2.05) is 0 Å². The lowest BCUT2D eigenvalue weighted by Crippen LogP contribution is -2.41. The number of hydrogen-bond acceptors (Lipinski definition) is 4. The first kappa shape index (κ1) is 20.6. The van der Waals surface area contributed by atoms with E-state index in [9.17, 15) is 22.8 Å². The predicted octanol–water partition coefficient (Wildman–Crippen LogP) is 2.26. The number of nitrogens with zero attached hydrogens (tertiary/aromatic N) is 2. The molecule has 1 aliphatic rings. The highest BCUT2D eigenvalue weighted by molar-refractivity contribution is 8.00. The van der Waals surface area contributed by atoms with Crippen LogP contribution < -0.4 is 0 Å². The summed E-state index contributed by atoms with van der Waals surface area (Å²) in [4.78, 5) is 27.1. The number of rotatable bonds is 6. The van der Waals surface area contributed by atoms with Gasteiger partial charge in [0.25, 0.3) is 0 Å². The summed E-state index contributed by atoms with van der Waals surface area (Å²) in [5.74, 6) is -0.169. The van der Waals surface area contributed by atoms with Crippen LogP contribution in [-0.2, 0) is 27.0 Å². The van der Waals surface area contributed by atoms with Crippen LogP contribution >= 0.6 is 11.8 Å². The predicted molar refractivity (Wildman–Crippen MR) is 92.6 cm³/mol. The zero-order valence-electron chi connectivity index (χ0n) is 14.4. The molecule has 144 valence electrons. The number of halogens is 3. The maximum Gasteiger partial charge on any atom is 0.416 e. The molecule has 5 nitrogen and oxygen atoms in total. The molecule has 0 aliphatic carbocycles. The van der Waals surface area contributed by atoms with E-state index in [0.29, 0.717) is 26.3 Å². The zero-order chi connectivity index (χ0) is 19.2. The van der Waals surface area contributed by atoms with Gasteiger partial charge in [-0.1, -0.05) is 18.2 Å². The summed E-state index contributed by atoms with van der Waals surface area (Å²) in [6.45, 7) is 1.98. The van der Waals surface area contributed by atoms with Gasteiger partial charge in [-0.2, -0.15) is 13.2 Å². The highest BCUT2D eigenvalue weighted by atomic mass is 32.2. The van der Waals surface area contributed by atoms with Gasteiger partial charge in [-0.15, -0.1) is 11.8 Å². The van der Waals surface area contributed by atoms with E-state index in [2.05, 4.69) is 0 Å². The van der Waals surface area contributed by atoms with Crippen molar-refractivity contribution >= 4 is 23.6 Å². The number of benzene rings is 1. The van der Waals surface area contributed by atoms with Crippen LogP contribution in [0.3, 0.4) is 0 Å². The van der Waals surface area contributed by atoms with Crippen LogP contribution in [0.25, 0.3) is 0 Å². The Kier molecular flexibility index (Phi) is 7.33. The van der Waals surface area contributed by atoms with E-state index in [4.69, 9.17) is 4.74 Å². The molecular formula is C17H21F3N2O3S. The Hall–Kier alpha value is -1.74. The molecule has 0 unspecified atom stereocenters. The number of alkyl halides is 3. The number of thioether (sulfide) groups is 1. The molecule has 1 aromatic carbocycles. The van der Waals surface area contributed by atoms with Crippen molar-refractivity contribution in [3.05, 3.63) is 35.4 Å². The number of hydrogen-bond donors (Lipinski definition) is 0. The number of ether oxygens (including phenoxy) is 1. The Bertz CT molecular complexity index is 634. The molecule has 1 saturated heterocycles. The highest BCUT2D eigenvalue weighted by Gasteiger charge is 2.33. The van der Waals surface area contributed by atoms with Gasteiger partial charge < -0.3 is 14.5 Å². The lowest BCUT2D eigenvalue weighted by Gasteiger charge is -2.26. The third-order valence-electron chi connectivity index (χ3n) is 3.97. The molecule has 0 radical (unpaired) electrons. The van der Waals surface area contributed by atoms with Crippen LogP contribution in [-0.4, -0.2) is 66.5 Å². The quantitative estimate of drug-likeness (QED) is 0.748. The van der Waals surface area contributed by atoms with Crippen molar-refractivity contribution in [1.82, 2.24) is 9.80 Å². The van der Waals surface area contributed by atoms with Crippen LogP contribution in [0.5, 0.6) is 0 Å². The van der Waals surface area contributed by atoms with Crippen LogP contribution in [0.4, 0.5) is 13.2 Å². The first-order valence-corrected chi connectivity index (χ1v) is 9.27. The van der Waals surface area contributed by atoms with Crippen molar-refractivity contribution < 1.29 is 27.5 Å². The first-order chi connectivity index (χ1) is 12.3. The fourth-order valence-electron chi connectivity index (χ4n) is 2.52. The van der Waals surface area contributed by atoms with Gasteiger partial charge in [-0.05, 0) is 11.6 Å². The van der Waals surface area contributed by atoms with E-state index >= 15 is 0 Å². The lowest BCUT2D eigenvalue weighted by atomic mass is 10.1. The van der Waals surface area contributed by atoms with Gasteiger partial charge in [0.05, 0.1) is 30.3 Å². The van der Waals surface area contributed by atoms with Crippen molar-refractivity contribution in [2.75, 3.05) is 44.9 Å². The second kappa shape index (κ2) is 9.27. The summed E-state index contributed by atoms with van der Waals surface area (Å²) in [5.41, 5.74) is -0.694. The van der Waals surface area contributed by atoms with Gasteiger partial charge in [0.2, 0.25) is 11.8 Å². The molecule has 0 atom stereocenters. The van der Waals surface area contributed by atoms with E-state index in [1.54, 1.807) is 4.90 Å². The lowest BCUT2D eigenvalue weighted by molar-refractivity contribution is -0.139. The summed E-state index contributed by atoms with van der Waals surface area (Å²) in [6, 6.07) is 5.20. The highest BCUT2D eigenvalue weighted by Crippen LogP contribution is 2.32. The fourth-order valence-corrected chi connectivity index (χ4v) is 3.37. The van der Waals surface area contributed by atoms with Gasteiger partial charge in [0.15, 0.2) is 0 Å². The van der Waals surface area contributed by atoms with Crippen molar-refractivity contribution in [2.45, 2.75) is 12.7 Å². The molecule has 1 aliphatic heterocycles.